The quantitative estimate of drug-likeness (QED) is 0.0951. The predicted octanol–water partition coefficient (Wildman–Crippen LogP) is 27.4. The summed E-state index contributed by atoms with van der Waals surface area (Å²) in [6.45, 7) is 0. The lowest BCUT2D eigenvalue weighted by Gasteiger charge is -2.35. The normalized spacial score (nSPS) is 13.6. The van der Waals surface area contributed by atoms with Gasteiger partial charge in [-0.05, 0) is 166 Å². The van der Waals surface area contributed by atoms with E-state index in [-0.39, 0.29) is 0 Å². The Morgan fingerprint density at radius 2 is 0.462 bits per heavy atom. The standard InChI is InChI=1S/C104H72N2/c1-9-34-73(35-10-1)76-62-66-86(67-63-76)106(99-71-78(74-36-11-2-12-37-74)64-68-88(99)77-40-15-4-16-41-77)98-61-33-59-96-102(98)92-55-28-30-57-94(92)104(96,83-47-21-7-22-48-83)84-49-31-42-80(70-84)87-52-25-26-53-89(87)90-69-65-79(75-38-13-3-14-39-75)72-100(90)105(85-50-23-8-24-51-85)97-60-32-58-95-101(97)91-54-27-29-56-93(91)103(95,81-43-17-5-18-44-81)82-45-19-6-20-46-82/h1-72H. The van der Waals surface area contributed by atoms with Crippen molar-refractivity contribution < 1.29 is 0 Å². The lowest BCUT2D eigenvalue weighted by molar-refractivity contribution is 0.768. The second-order valence-electron chi connectivity index (χ2n) is 27.7. The van der Waals surface area contributed by atoms with Gasteiger partial charge in [-0.15, -0.1) is 0 Å². The zero-order valence-electron chi connectivity index (χ0n) is 58.5. The van der Waals surface area contributed by atoms with E-state index in [0.29, 0.717) is 0 Å². The molecule has 0 aromatic heterocycles. The molecule has 0 heterocycles. The van der Waals surface area contributed by atoms with Gasteiger partial charge in [-0.3, -0.25) is 0 Å². The topological polar surface area (TPSA) is 6.48 Å². The van der Waals surface area contributed by atoms with Crippen molar-refractivity contribution in [2.45, 2.75) is 10.8 Å². The van der Waals surface area contributed by atoms with Crippen LogP contribution in [0.25, 0.3) is 89.0 Å². The maximum absolute atomic E-state index is 2.55. The number of benzene rings is 17. The first-order chi connectivity index (χ1) is 52.6. The maximum atomic E-state index is 2.55. The molecule has 0 saturated heterocycles. The van der Waals surface area contributed by atoms with E-state index in [2.05, 4.69) is 447 Å². The van der Waals surface area contributed by atoms with Gasteiger partial charge in [0.05, 0.1) is 33.6 Å². The van der Waals surface area contributed by atoms with Gasteiger partial charge in [0.1, 0.15) is 0 Å². The average molecular weight is 1350 g/mol. The minimum atomic E-state index is -0.781. The molecule has 2 aliphatic rings. The smallest absolute Gasteiger partial charge is 0.0714 e. The molecule has 0 amide bonds. The first kappa shape index (κ1) is 63.3. The summed E-state index contributed by atoms with van der Waals surface area (Å²) in [5.74, 6) is 0. The Morgan fingerprint density at radius 3 is 0.943 bits per heavy atom. The first-order valence-corrected chi connectivity index (χ1v) is 36.7. The maximum Gasteiger partial charge on any atom is 0.0714 e. The molecule has 498 valence electrons. The number of fused-ring (bicyclic) bond motifs is 6. The van der Waals surface area contributed by atoms with Crippen LogP contribution in [0.5, 0.6) is 0 Å². The molecule has 2 aliphatic carbocycles. The van der Waals surface area contributed by atoms with Crippen molar-refractivity contribution in [2.24, 2.45) is 0 Å². The third-order valence-corrected chi connectivity index (χ3v) is 22.0. The van der Waals surface area contributed by atoms with Crippen LogP contribution in [0, 0.1) is 0 Å². The Kier molecular flexibility index (Phi) is 16.1. The van der Waals surface area contributed by atoms with Gasteiger partial charge in [-0.25, -0.2) is 0 Å². The summed E-state index contributed by atoms with van der Waals surface area (Å²) in [4.78, 5) is 5.09. The van der Waals surface area contributed by atoms with E-state index in [1.54, 1.807) is 0 Å². The molecule has 0 radical (unpaired) electrons. The lowest BCUT2D eigenvalue weighted by Crippen LogP contribution is -2.28. The molecule has 0 aliphatic heterocycles. The van der Waals surface area contributed by atoms with E-state index in [1.165, 1.54) is 72.3 Å². The number of rotatable bonds is 16. The highest BCUT2D eigenvalue weighted by Gasteiger charge is 2.49. The minimum Gasteiger partial charge on any atom is -0.309 e. The van der Waals surface area contributed by atoms with E-state index in [9.17, 15) is 0 Å². The zero-order chi connectivity index (χ0) is 70.4. The van der Waals surface area contributed by atoms with Gasteiger partial charge in [0.25, 0.3) is 0 Å². The summed E-state index contributed by atoms with van der Waals surface area (Å²) in [6.07, 6.45) is 0. The van der Waals surface area contributed by atoms with E-state index >= 15 is 0 Å². The molecular formula is C104H72N2. The Morgan fingerprint density at radius 1 is 0.151 bits per heavy atom. The van der Waals surface area contributed by atoms with Crippen molar-refractivity contribution >= 4 is 34.1 Å². The summed E-state index contributed by atoms with van der Waals surface area (Å²) in [6, 6.07) is 162. The van der Waals surface area contributed by atoms with Crippen LogP contribution in [0.15, 0.2) is 437 Å². The molecule has 19 rings (SSSR count). The highest BCUT2D eigenvalue weighted by molar-refractivity contribution is 6.04. The van der Waals surface area contributed by atoms with Crippen LogP contribution in [-0.4, -0.2) is 0 Å². The highest BCUT2D eigenvalue weighted by Crippen LogP contribution is 2.63. The van der Waals surface area contributed by atoms with E-state index in [1.807, 2.05) is 0 Å². The molecule has 0 fully saturated rings. The monoisotopic (exact) mass is 1350 g/mol. The van der Waals surface area contributed by atoms with Crippen LogP contribution in [0.3, 0.4) is 0 Å². The van der Waals surface area contributed by atoms with Gasteiger partial charge >= 0.3 is 0 Å². The van der Waals surface area contributed by atoms with Crippen molar-refractivity contribution in [3.63, 3.8) is 0 Å². The summed E-state index contributed by atoms with van der Waals surface area (Å²) >= 11 is 0. The number of hydrogen-bond donors (Lipinski definition) is 0. The largest absolute Gasteiger partial charge is 0.309 e. The van der Waals surface area contributed by atoms with Gasteiger partial charge in [-0.2, -0.15) is 0 Å². The molecule has 2 heteroatoms. The molecule has 0 spiro atoms. The fourth-order valence-electron chi connectivity index (χ4n) is 17.5. The molecule has 1 atom stereocenters. The molecule has 106 heavy (non-hydrogen) atoms. The van der Waals surface area contributed by atoms with Crippen molar-refractivity contribution in [3.05, 3.63) is 481 Å². The third kappa shape index (κ3) is 10.6. The van der Waals surface area contributed by atoms with Gasteiger partial charge in [-0.1, -0.05) is 382 Å². The number of anilines is 6. The van der Waals surface area contributed by atoms with Gasteiger partial charge in [0.2, 0.25) is 0 Å². The van der Waals surface area contributed by atoms with Crippen LogP contribution in [0.1, 0.15) is 44.5 Å². The molecule has 1 unspecified atom stereocenters. The molecule has 0 saturated carbocycles. The van der Waals surface area contributed by atoms with Crippen molar-refractivity contribution in [1.82, 2.24) is 0 Å². The van der Waals surface area contributed by atoms with Crippen molar-refractivity contribution in [2.75, 3.05) is 9.80 Å². The summed E-state index contributed by atoms with van der Waals surface area (Å²) in [5.41, 5.74) is 33.3. The Hall–Kier alpha value is -13.7. The molecule has 17 aromatic rings. The van der Waals surface area contributed by atoms with E-state index < -0.39 is 10.8 Å². The summed E-state index contributed by atoms with van der Waals surface area (Å²) in [5, 5.41) is 0. The van der Waals surface area contributed by atoms with Gasteiger partial charge < -0.3 is 9.80 Å². The highest BCUT2D eigenvalue weighted by atomic mass is 15.2. The minimum absolute atomic E-state index is 0.604. The van der Waals surface area contributed by atoms with E-state index in [4.69, 9.17) is 0 Å². The molecular weight excluding hydrogens is 1280 g/mol. The summed E-state index contributed by atoms with van der Waals surface area (Å²) < 4.78 is 0. The fraction of sp³-hybridized carbons (Fsp3) is 0.0192. The second kappa shape index (κ2) is 26.9. The van der Waals surface area contributed by atoms with Crippen LogP contribution in [0.4, 0.5) is 34.1 Å². The summed E-state index contributed by atoms with van der Waals surface area (Å²) in [7, 11) is 0. The molecule has 0 N–H and O–H groups in total. The molecule has 0 bridgehead atoms. The first-order valence-electron chi connectivity index (χ1n) is 36.7. The Bertz CT molecular complexity index is 6000. The Labute approximate surface area is 621 Å². The van der Waals surface area contributed by atoms with Crippen molar-refractivity contribution in [3.8, 4) is 89.0 Å². The zero-order valence-corrected chi connectivity index (χ0v) is 58.5. The number of para-hydroxylation sites is 1. The fourth-order valence-corrected chi connectivity index (χ4v) is 17.5. The number of nitrogens with zero attached hydrogens (tertiary/aromatic N) is 2. The lowest BCUT2D eigenvalue weighted by atomic mass is 9.67. The van der Waals surface area contributed by atoms with Gasteiger partial charge in [0, 0.05) is 33.6 Å². The Balaban J connectivity index is 0.827. The SMILES string of the molecule is c1ccc(-c2ccc(N(c3cc(-c4ccccc4)ccc3-c3ccccc3)c3cccc4c3-c3ccccc3C4(c3ccccc3)c3cccc(-c4ccccc4-c4ccc(-c5ccccc5)cc4N(c4ccccc4)c4cccc5c4-c4ccccc4C5(c4ccccc4)c4ccccc4)c3)cc2)cc1. The second-order valence-corrected chi connectivity index (χ2v) is 27.7. The van der Waals surface area contributed by atoms with Crippen molar-refractivity contribution in [1.29, 1.82) is 0 Å². The van der Waals surface area contributed by atoms with Crippen LogP contribution in [-0.2, 0) is 10.8 Å². The van der Waals surface area contributed by atoms with Crippen LogP contribution < -0.4 is 9.80 Å². The van der Waals surface area contributed by atoms with E-state index in [0.717, 1.165) is 95.3 Å². The molecule has 17 aromatic carbocycles. The average Bonchev–Trinajstić information content (AvgIpc) is 1.53. The van der Waals surface area contributed by atoms with Crippen LogP contribution in [0.2, 0.25) is 0 Å². The number of hydrogen-bond acceptors (Lipinski definition) is 2. The third-order valence-electron chi connectivity index (χ3n) is 22.0. The van der Waals surface area contributed by atoms with Gasteiger partial charge in [0.15, 0.2) is 0 Å². The molecule has 2 nitrogen and oxygen atoms in total. The predicted molar refractivity (Wildman–Crippen MR) is 443 cm³/mol. The van der Waals surface area contributed by atoms with Crippen LogP contribution >= 0.6 is 0 Å².